The second kappa shape index (κ2) is 4.05. The number of ether oxygens (including phenoxy) is 1. The molecule has 1 aliphatic heterocycles. The molecule has 94 valence electrons. The lowest BCUT2D eigenvalue weighted by Gasteiger charge is -2.30. The number of hydrogen-bond acceptors (Lipinski definition) is 3. The maximum atomic E-state index is 12.2. The van der Waals surface area contributed by atoms with Gasteiger partial charge >= 0.3 is 0 Å². The zero-order chi connectivity index (χ0) is 12.7. The van der Waals surface area contributed by atoms with Crippen LogP contribution in [-0.4, -0.2) is 31.0 Å². The Labute approximate surface area is 105 Å². The molecule has 0 spiro atoms. The molecule has 1 amide bonds. The number of benzene rings is 1. The Bertz CT molecular complexity index is 611. The van der Waals surface area contributed by atoms with Gasteiger partial charge in [-0.1, -0.05) is 0 Å². The van der Waals surface area contributed by atoms with Gasteiger partial charge in [0.1, 0.15) is 11.3 Å². The summed E-state index contributed by atoms with van der Waals surface area (Å²) >= 11 is 0. The van der Waals surface area contributed by atoms with E-state index < -0.39 is 0 Å². The fourth-order valence-corrected chi connectivity index (χ4v) is 2.20. The summed E-state index contributed by atoms with van der Waals surface area (Å²) in [5.74, 6) is 1.19. The summed E-state index contributed by atoms with van der Waals surface area (Å²) in [6, 6.07) is 5.62. The van der Waals surface area contributed by atoms with Crippen molar-refractivity contribution >= 4 is 16.9 Å². The minimum atomic E-state index is -0.00563. The number of fused-ring (bicyclic) bond motifs is 1. The molecule has 2 aromatic rings. The molecule has 1 aromatic heterocycles. The smallest absolute Gasteiger partial charge is 0.289 e. The Balaban J connectivity index is 2.07. The molecule has 3 rings (SSSR count). The van der Waals surface area contributed by atoms with E-state index >= 15 is 0 Å². The minimum absolute atomic E-state index is 0.00563. The summed E-state index contributed by atoms with van der Waals surface area (Å²) in [5, 5.41) is 0.972. The lowest BCUT2D eigenvalue weighted by atomic mass is 10.1. The van der Waals surface area contributed by atoms with E-state index in [0.717, 1.165) is 36.2 Å². The number of furan rings is 1. The summed E-state index contributed by atoms with van der Waals surface area (Å²) in [6.45, 7) is 3.59. The third kappa shape index (κ3) is 1.56. The molecule has 18 heavy (non-hydrogen) atoms. The highest BCUT2D eigenvalue weighted by molar-refractivity contribution is 5.99. The van der Waals surface area contributed by atoms with Gasteiger partial charge in [0, 0.05) is 30.1 Å². The van der Waals surface area contributed by atoms with E-state index in [1.165, 1.54) is 0 Å². The molecule has 1 fully saturated rings. The maximum absolute atomic E-state index is 12.2. The number of carbonyl (C=O) groups excluding carboxylic acids is 1. The highest BCUT2D eigenvalue weighted by Crippen LogP contribution is 2.29. The van der Waals surface area contributed by atoms with Crippen LogP contribution in [0.4, 0.5) is 0 Å². The highest BCUT2D eigenvalue weighted by Gasteiger charge is 2.26. The van der Waals surface area contributed by atoms with Crippen LogP contribution in [0.5, 0.6) is 5.75 Å². The van der Waals surface area contributed by atoms with E-state index in [2.05, 4.69) is 0 Å². The van der Waals surface area contributed by atoms with Crippen molar-refractivity contribution in [2.24, 2.45) is 0 Å². The van der Waals surface area contributed by atoms with Crippen molar-refractivity contribution in [3.8, 4) is 5.75 Å². The monoisotopic (exact) mass is 245 g/mol. The summed E-state index contributed by atoms with van der Waals surface area (Å²) in [4.78, 5) is 14.0. The number of rotatable bonds is 2. The largest absolute Gasteiger partial charge is 0.497 e. The van der Waals surface area contributed by atoms with E-state index in [9.17, 15) is 4.79 Å². The first kappa shape index (κ1) is 11.1. The average molecular weight is 245 g/mol. The van der Waals surface area contributed by atoms with Crippen LogP contribution in [-0.2, 0) is 0 Å². The molecule has 4 nitrogen and oxygen atoms in total. The quantitative estimate of drug-likeness (QED) is 0.816. The predicted octanol–water partition coefficient (Wildman–Crippen LogP) is 2.60. The van der Waals surface area contributed by atoms with E-state index in [4.69, 9.17) is 9.15 Å². The van der Waals surface area contributed by atoms with Crippen molar-refractivity contribution in [1.29, 1.82) is 0 Å². The highest BCUT2D eigenvalue weighted by atomic mass is 16.5. The summed E-state index contributed by atoms with van der Waals surface area (Å²) in [6.07, 6.45) is 1.08. The third-order valence-electron chi connectivity index (χ3n) is 3.48. The van der Waals surface area contributed by atoms with Gasteiger partial charge in [-0.2, -0.15) is 0 Å². The van der Waals surface area contributed by atoms with Crippen molar-refractivity contribution in [3.05, 3.63) is 29.5 Å². The van der Waals surface area contributed by atoms with Crippen molar-refractivity contribution in [3.63, 3.8) is 0 Å². The average Bonchev–Trinajstić information content (AvgIpc) is 2.64. The summed E-state index contributed by atoms with van der Waals surface area (Å²) in [5.41, 5.74) is 1.61. The Hall–Kier alpha value is -1.97. The van der Waals surface area contributed by atoms with Gasteiger partial charge in [-0.05, 0) is 25.5 Å². The van der Waals surface area contributed by atoms with Gasteiger partial charge in [0.25, 0.3) is 5.91 Å². The predicted molar refractivity (Wildman–Crippen MR) is 68.0 cm³/mol. The van der Waals surface area contributed by atoms with Crippen LogP contribution in [0.3, 0.4) is 0 Å². The molecule has 0 radical (unpaired) electrons. The van der Waals surface area contributed by atoms with Crippen LogP contribution in [0.15, 0.2) is 22.6 Å². The summed E-state index contributed by atoms with van der Waals surface area (Å²) in [7, 11) is 1.61. The number of carbonyl (C=O) groups is 1. The fourth-order valence-electron chi connectivity index (χ4n) is 2.20. The van der Waals surface area contributed by atoms with E-state index in [1.54, 1.807) is 7.11 Å². The molecular formula is C14H15NO3. The Morgan fingerprint density at radius 1 is 1.39 bits per heavy atom. The Morgan fingerprint density at radius 2 is 2.17 bits per heavy atom. The SMILES string of the molecule is COc1ccc2c(C)c(C(=O)N3CCC3)oc2c1. The molecule has 0 atom stereocenters. The van der Waals surface area contributed by atoms with Crippen LogP contribution in [0, 0.1) is 6.92 Å². The van der Waals surface area contributed by atoms with Gasteiger partial charge in [0.2, 0.25) is 0 Å². The topological polar surface area (TPSA) is 42.7 Å². The standard InChI is InChI=1S/C14H15NO3/c1-9-11-5-4-10(17-2)8-12(11)18-13(9)14(16)15-6-3-7-15/h4-5,8H,3,6-7H2,1-2H3. The fraction of sp³-hybridized carbons (Fsp3) is 0.357. The molecule has 0 aliphatic carbocycles. The van der Waals surface area contributed by atoms with E-state index in [-0.39, 0.29) is 5.91 Å². The molecule has 0 unspecified atom stereocenters. The van der Waals surface area contributed by atoms with E-state index in [1.807, 2.05) is 30.0 Å². The van der Waals surface area contributed by atoms with E-state index in [0.29, 0.717) is 11.3 Å². The maximum Gasteiger partial charge on any atom is 0.289 e. The van der Waals surface area contributed by atoms with Gasteiger partial charge in [0.15, 0.2) is 5.76 Å². The first-order chi connectivity index (χ1) is 8.70. The van der Waals surface area contributed by atoms with Gasteiger partial charge in [-0.3, -0.25) is 4.79 Å². The molecule has 2 heterocycles. The van der Waals surface area contributed by atoms with Gasteiger partial charge in [-0.15, -0.1) is 0 Å². The zero-order valence-electron chi connectivity index (χ0n) is 10.5. The molecule has 1 aromatic carbocycles. The van der Waals surface area contributed by atoms with Crippen molar-refractivity contribution in [1.82, 2.24) is 4.90 Å². The molecule has 1 saturated heterocycles. The van der Waals surface area contributed by atoms with Crippen molar-refractivity contribution < 1.29 is 13.9 Å². The lowest BCUT2D eigenvalue weighted by molar-refractivity contribution is 0.0620. The van der Waals surface area contributed by atoms with Crippen LogP contribution in [0.1, 0.15) is 22.5 Å². The zero-order valence-corrected chi connectivity index (χ0v) is 10.5. The van der Waals surface area contributed by atoms with Crippen molar-refractivity contribution in [2.45, 2.75) is 13.3 Å². The molecule has 1 aliphatic rings. The van der Waals surface area contributed by atoms with Crippen LogP contribution >= 0.6 is 0 Å². The molecule has 0 saturated carbocycles. The van der Waals surface area contributed by atoms with Gasteiger partial charge < -0.3 is 14.1 Å². The number of likely N-dealkylation sites (tertiary alicyclic amines) is 1. The Kier molecular flexibility index (Phi) is 2.51. The van der Waals surface area contributed by atoms with Crippen LogP contribution in [0.2, 0.25) is 0 Å². The number of methoxy groups -OCH3 is 1. The summed E-state index contributed by atoms with van der Waals surface area (Å²) < 4.78 is 10.8. The van der Waals surface area contributed by atoms with Gasteiger partial charge in [0.05, 0.1) is 7.11 Å². The van der Waals surface area contributed by atoms with Crippen LogP contribution in [0.25, 0.3) is 11.0 Å². The minimum Gasteiger partial charge on any atom is -0.497 e. The van der Waals surface area contributed by atoms with Gasteiger partial charge in [-0.25, -0.2) is 0 Å². The van der Waals surface area contributed by atoms with Crippen molar-refractivity contribution in [2.75, 3.05) is 20.2 Å². The number of hydrogen-bond donors (Lipinski definition) is 0. The Morgan fingerprint density at radius 3 is 2.78 bits per heavy atom. The first-order valence-corrected chi connectivity index (χ1v) is 6.07. The first-order valence-electron chi connectivity index (χ1n) is 6.07. The van der Waals surface area contributed by atoms with Crippen LogP contribution < -0.4 is 4.74 Å². The second-order valence-electron chi connectivity index (χ2n) is 4.56. The third-order valence-corrected chi connectivity index (χ3v) is 3.48. The molecular weight excluding hydrogens is 230 g/mol. The number of aryl methyl sites for hydroxylation is 1. The molecule has 0 N–H and O–H groups in total. The molecule has 0 bridgehead atoms. The second-order valence-corrected chi connectivity index (χ2v) is 4.56. The number of amides is 1. The molecule has 4 heteroatoms. The normalized spacial score (nSPS) is 14.7. The lowest BCUT2D eigenvalue weighted by Crippen LogP contribution is -2.42. The number of nitrogens with zero attached hydrogens (tertiary/aromatic N) is 1.